The standard InChI is InChI=1S/C23H20O4/c24-23(25)14-12-18-11-13-21(26-16-19-7-3-1-4-8-19)22(15-18)27-17-20-9-5-2-6-10-20/h1-15H,16-17H2,(H,24,25)/b14-12+/i23+1. The lowest BCUT2D eigenvalue weighted by Gasteiger charge is -2.14. The Balaban J connectivity index is 1.78. The minimum atomic E-state index is -0.994. The summed E-state index contributed by atoms with van der Waals surface area (Å²) >= 11 is 0. The molecular formula is C23H20O4. The Labute approximate surface area is 158 Å². The molecule has 3 aromatic carbocycles. The highest BCUT2D eigenvalue weighted by Crippen LogP contribution is 2.30. The summed E-state index contributed by atoms with van der Waals surface area (Å²) in [6, 6.07) is 25.1. The van der Waals surface area contributed by atoms with Crippen LogP contribution >= 0.6 is 0 Å². The predicted octanol–water partition coefficient (Wildman–Crippen LogP) is 4.94. The molecule has 0 amide bonds. The number of carboxylic acid groups (broad SMARTS) is 1. The van der Waals surface area contributed by atoms with Crippen LogP contribution < -0.4 is 9.47 Å². The fourth-order valence-electron chi connectivity index (χ4n) is 2.50. The average molecular weight is 361 g/mol. The third kappa shape index (κ3) is 5.75. The van der Waals surface area contributed by atoms with Gasteiger partial charge >= 0.3 is 5.97 Å². The fraction of sp³-hybridized carbons (Fsp3) is 0.0870. The molecule has 0 unspecified atom stereocenters. The van der Waals surface area contributed by atoms with Gasteiger partial charge in [0.05, 0.1) is 0 Å². The van der Waals surface area contributed by atoms with Crippen molar-refractivity contribution in [2.45, 2.75) is 13.2 Å². The zero-order valence-electron chi connectivity index (χ0n) is 14.7. The SMILES string of the molecule is O=[13C](O)/C=C/c1ccc(OCc2ccccc2)c(OCc2ccccc2)c1. The van der Waals surface area contributed by atoms with Crippen molar-refractivity contribution < 1.29 is 19.4 Å². The molecule has 4 nitrogen and oxygen atoms in total. The van der Waals surface area contributed by atoms with Gasteiger partial charge in [-0.2, -0.15) is 0 Å². The van der Waals surface area contributed by atoms with Crippen LogP contribution in [0.25, 0.3) is 6.08 Å². The van der Waals surface area contributed by atoms with Crippen LogP contribution in [0.15, 0.2) is 84.9 Å². The highest BCUT2D eigenvalue weighted by atomic mass is 16.5. The van der Waals surface area contributed by atoms with E-state index in [1.807, 2.05) is 60.7 Å². The summed E-state index contributed by atoms with van der Waals surface area (Å²) in [7, 11) is 0. The van der Waals surface area contributed by atoms with Gasteiger partial charge in [-0.1, -0.05) is 66.7 Å². The summed E-state index contributed by atoms with van der Waals surface area (Å²) in [6.45, 7) is 0.821. The van der Waals surface area contributed by atoms with Gasteiger partial charge in [-0.3, -0.25) is 0 Å². The summed E-state index contributed by atoms with van der Waals surface area (Å²) in [4.78, 5) is 10.8. The number of benzene rings is 3. The van der Waals surface area contributed by atoms with Crippen molar-refractivity contribution in [2.24, 2.45) is 0 Å². The summed E-state index contributed by atoms with van der Waals surface area (Å²) in [5.74, 6) is 0.191. The highest BCUT2D eigenvalue weighted by Gasteiger charge is 2.08. The van der Waals surface area contributed by atoms with Gasteiger partial charge < -0.3 is 14.6 Å². The maximum Gasteiger partial charge on any atom is 0.328 e. The Morgan fingerprint density at radius 1 is 0.778 bits per heavy atom. The number of hydrogen-bond donors (Lipinski definition) is 1. The number of aliphatic carboxylic acids is 1. The minimum absolute atomic E-state index is 0.397. The van der Waals surface area contributed by atoms with Crippen LogP contribution in [0.1, 0.15) is 16.7 Å². The van der Waals surface area contributed by atoms with E-state index in [2.05, 4.69) is 0 Å². The second kappa shape index (κ2) is 9.25. The molecule has 3 aromatic rings. The van der Waals surface area contributed by atoms with Crippen molar-refractivity contribution in [1.82, 2.24) is 0 Å². The molecule has 0 atom stereocenters. The van der Waals surface area contributed by atoms with Gasteiger partial charge in [0.15, 0.2) is 11.5 Å². The maximum atomic E-state index is 10.8. The Morgan fingerprint density at radius 2 is 1.33 bits per heavy atom. The molecule has 0 aliphatic heterocycles. The molecule has 0 radical (unpaired) electrons. The molecule has 0 aliphatic carbocycles. The summed E-state index contributed by atoms with van der Waals surface area (Å²) in [5.41, 5.74) is 2.83. The summed E-state index contributed by atoms with van der Waals surface area (Å²) in [6.07, 6.45) is 2.62. The van der Waals surface area contributed by atoms with E-state index in [-0.39, 0.29) is 0 Å². The Kier molecular flexibility index (Phi) is 6.26. The van der Waals surface area contributed by atoms with Gasteiger partial charge in [0.25, 0.3) is 0 Å². The van der Waals surface area contributed by atoms with E-state index in [1.54, 1.807) is 18.2 Å². The van der Waals surface area contributed by atoms with Crippen molar-refractivity contribution in [3.63, 3.8) is 0 Å². The first kappa shape index (κ1) is 18.3. The molecule has 0 heterocycles. The normalized spacial score (nSPS) is 10.7. The Bertz CT molecular complexity index is 902. The molecule has 4 heteroatoms. The average Bonchev–Trinajstić information content (AvgIpc) is 2.71. The van der Waals surface area contributed by atoms with E-state index in [0.29, 0.717) is 24.7 Å². The van der Waals surface area contributed by atoms with Crippen LogP contribution in [0.3, 0.4) is 0 Å². The van der Waals surface area contributed by atoms with Crippen molar-refractivity contribution in [3.05, 3.63) is 102 Å². The molecule has 0 fully saturated rings. The predicted molar refractivity (Wildman–Crippen MR) is 105 cm³/mol. The van der Waals surface area contributed by atoms with Gasteiger partial charge in [0.1, 0.15) is 13.2 Å². The minimum Gasteiger partial charge on any atom is -0.485 e. The lowest BCUT2D eigenvalue weighted by molar-refractivity contribution is -0.131. The number of rotatable bonds is 8. The molecule has 1 N–H and O–H groups in total. The van der Waals surface area contributed by atoms with Crippen LogP contribution in [0.2, 0.25) is 0 Å². The lowest BCUT2D eigenvalue weighted by Crippen LogP contribution is -2.01. The van der Waals surface area contributed by atoms with E-state index < -0.39 is 5.97 Å². The molecule has 136 valence electrons. The van der Waals surface area contributed by atoms with Crippen LogP contribution in [0.4, 0.5) is 0 Å². The summed E-state index contributed by atoms with van der Waals surface area (Å²) < 4.78 is 11.9. The maximum absolute atomic E-state index is 10.8. The van der Waals surface area contributed by atoms with E-state index >= 15 is 0 Å². The lowest BCUT2D eigenvalue weighted by atomic mass is 10.2. The van der Waals surface area contributed by atoms with Crippen molar-refractivity contribution >= 4 is 12.0 Å². The third-order valence-electron chi connectivity index (χ3n) is 3.86. The van der Waals surface area contributed by atoms with Gasteiger partial charge in [0, 0.05) is 6.08 Å². The molecule has 0 spiro atoms. The van der Waals surface area contributed by atoms with Crippen molar-refractivity contribution in [2.75, 3.05) is 0 Å². The molecule has 0 saturated carbocycles. The number of carboxylic acids is 1. The first-order chi connectivity index (χ1) is 13.2. The second-order valence-corrected chi connectivity index (χ2v) is 5.93. The van der Waals surface area contributed by atoms with Crippen LogP contribution in [0, 0.1) is 0 Å². The van der Waals surface area contributed by atoms with Gasteiger partial charge in [-0.05, 0) is 34.9 Å². The number of ether oxygens (including phenoxy) is 2. The highest BCUT2D eigenvalue weighted by molar-refractivity contribution is 5.85. The molecule has 27 heavy (non-hydrogen) atoms. The van der Waals surface area contributed by atoms with Crippen molar-refractivity contribution in [3.8, 4) is 11.5 Å². The molecular weight excluding hydrogens is 341 g/mol. The summed E-state index contributed by atoms with van der Waals surface area (Å²) in [5, 5.41) is 8.82. The smallest absolute Gasteiger partial charge is 0.328 e. The van der Waals surface area contributed by atoms with E-state index in [0.717, 1.165) is 22.8 Å². The van der Waals surface area contributed by atoms with Crippen LogP contribution in [-0.4, -0.2) is 11.1 Å². The number of carbonyl (C=O) groups is 1. The molecule has 3 rings (SSSR count). The molecule has 0 saturated heterocycles. The van der Waals surface area contributed by atoms with Gasteiger partial charge in [-0.25, -0.2) is 4.79 Å². The first-order valence-corrected chi connectivity index (χ1v) is 8.59. The van der Waals surface area contributed by atoms with Gasteiger partial charge in [0.2, 0.25) is 0 Å². The number of hydrogen-bond acceptors (Lipinski definition) is 3. The topological polar surface area (TPSA) is 55.8 Å². The van der Waals surface area contributed by atoms with Crippen LogP contribution in [-0.2, 0) is 18.0 Å². The van der Waals surface area contributed by atoms with Crippen LogP contribution in [0.5, 0.6) is 11.5 Å². The van der Waals surface area contributed by atoms with E-state index in [9.17, 15) is 4.79 Å². The quantitative estimate of drug-likeness (QED) is 0.456. The van der Waals surface area contributed by atoms with E-state index in [1.165, 1.54) is 6.08 Å². The van der Waals surface area contributed by atoms with Crippen molar-refractivity contribution in [1.29, 1.82) is 0 Å². The zero-order valence-corrected chi connectivity index (χ0v) is 14.7. The second-order valence-electron chi connectivity index (χ2n) is 5.93. The Morgan fingerprint density at radius 3 is 1.89 bits per heavy atom. The third-order valence-corrected chi connectivity index (χ3v) is 3.86. The molecule has 0 aliphatic rings. The molecule has 0 bridgehead atoms. The zero-order chi connectivity index (χ0) is 18.9. The van der Waals surface area contributed by atoms with E-state index in [4.69, 9.17) is 14.6 Å². The molecule has 0 aromatic heterocycles. The van der Waals surface area contributed by atoms with Gasteiger partial charge in [-0.15, -0.1) is 0 Å². The largest absolute Gasteiger partial charge is 0.485 e. The fourth-order valence-corrected chi connectivity index (χ4v) is 2.50. The first-order valence-electron chi connectivity index (χ1n) is 8.59. The monoisotopic (exact) mass is 361 g/mol. The Hall–Kier alpha value is -3.53.